The van der Waals surface area contributed by atoms with Crippen LogP contribution in [0.15, 0.2) is 121 Å². The van der Waals surface area contributed by atoms with Crippen LogP contribution in [0.5, 0.6) is 11.5 Å². The van der Waals surface area contributed by atoms with E-state index >= 15 is 0 Å². The number of methoxy groups -OCH3 is 1. The van der Waals surface area contributed by atoms with Crippen molar-refractivity contribution in [1.29, 1.82) is 0 Å². The van der Waals surface area contributed by atoms with Crippen LogP contribution in [0.25, 0.3) is 0 Å². The second-order valence-electron chi connectivity index (χ2n) is 8.62. The van der Waals surface area contributed by atoms with E-state index in [9.17, 15) is 9.90 Å². The Kier molecular flexibility index (Phi) is 8.69. The molecule has 0 heterocycles. The minimum Gasteiger partial charge on any atom is -0.493 e. The molecule has 1 amide bonds. The van der Waals surface area contributed by atoms with Crippen molar-refractivity contribution in [3.8, 4) is 11.5 Å². The second kappa shape index (κ2) is 12.5. The molecule has 6 nitrogen and oxygen atoms in total. The van der Waals surface area contributed by atoms with E-state index in [0.717, 1.165) is 11.1 Å². The van der Waals surface area contributed by atoms with Gasteiger partial charge >= 0.3 is 0 Å². The lowest BCUT2D eigenvalue weighted by molar-refractivity contribution is -0.136. The fourth-order valence-corrected chi connectivity index (χ4v) is 4.14. The van der Waals surface area contributed by atoms with Crippen LogP contribution in [0, 0.1) is 0 Å². The van der Waals surface area contributed by atoms with E-state index in [-0.39, 0.29) is 0 Å². The number of benzene rings is 4. The molecule has 0 saturated heterocycles. The molecule has 38 heavy (non-hydrogen) atoms. The van der Waals surface area contributed by atoms with Crippen molar-refractivity contribution in [2.45, 2.75) is 18.6 Å². The minimum atomic E-state index is -1.92. The molecule has 0 aromatic heterocycles. The van der Waals surface area contributed by atoms with Gasteiger partial charge in [-0.3, -0.25) is 4.79 Å². The number of nitrogens with one attached hydrogen (secondary N) is 1. The topological polar surface area (TPSA) is 80.2 Å². The highest BCUT2D eigenvalue weighted by Gasteiger charge is 2.39. The number of carbonyl (C=O) groups excluding carboxylic acids is 1. The lowest BCUT2D eigenvalue weighted by Crippen LogP contribution is -2.43. The first-order valence-electron chi connectivity index (χ1n) is 12.2. The van der Waals surface area contributed by atoms with E-state index < -0.39 is 11.5 Å². The van der Waals surface area contributed by atoms with E-state index in [2.05, 4.69) is 17.1 Å². The van der Waals surface area contributed by atoms with Crippen molar-refractivity contribution in [2.24, 2.45) is 5.10 Å². The van der Waals surface area contributed by atoms with Crippen LogP contribution < -0.4 is 14.9 Å². The van der Waals surface area contributed by atoms with Gasteiger partial charge in [-0.25, -0.2) is 5.43 Å². The Balaban J connectivity index is 1.58. The highest BCUT2D eigenvalue weighted by molar-refractivity contribution is 5.91. The summed E-state index contributed by atoms with van der Waals surface area (Å²) in [6, 6.07) is 31.1. The number of allylic oxidation sites excluding steroid dienone is 1. The molecule has 0 bridgehead atoms. The molecule has 0 radical (unpaired) electrons. The molecule has 192 valence electrons. The fourth-order valence-electron chi connectivity index (χ4n) is 4.14. The average Bonchev–Trinajstić information content (AvgIpc) is 2.97. The van der Waals surface area contributed by atoms with Gasteiger partial charge in [-0.2, -0.15) is 5.10 Å². The lowest BCUT2D eigenvalue weighted by atomic mass is 9.85. The standard InChI is InChI=1S/C32H30N2O4/c1-3-13-26-20-25(21-29(37-2)30(26)38-23-24-14-7-4-8-15-24)22-33-34-31(35)32(36,27-16-9-5-10-17-27)28-18-11-6-12-19-28/h3-12,14-22,36H,1,13,23H2,2H3,(H,34,35)/b33-22-. The molecule has 0 saturated carbocycles. The number of hydrazone groups is 1. The summed E-state index contributed by atoms with van der Waals surface area (Å²) in [6.45, 7) is 4.25. The maximum absolute atomic E-state index is 13.3. The normalized spacial score (nSPS) is 11.2. The minimum absolute atomic E-state index is 0.391. The summed E-state index contributed by atoms with van der Waals surface area (Å²) < 4.78 is 11.7. The van der Waals surface area contributed by atoms with Crippen LogP contribution in [0.3, 0.4) is 0 Å². The fraction of sp³-hybridized carbons (Fsp3) is 0.125. The van der Waals surface area contributed by atoms with Crippen molar-refractivity contribution in [2.75, 3.05) is 7.11 Å². The van der Waals surface area contributed by atoms with Crippen molar-refractivity contribution in [3.05, 3.63) is 144 Å². The summed E-state index contributed by atoms with van der Waals surface area (Å²) in [5, 5.41) is 15.7. The quantitative estimate of drug-likeness (QED) is 0.162. The summed E-state index contributed by atoms with van der Waals surface area (Å²) in [6.07, 6.45) is 3.84. The van der Waals surface area contributed by atoms with E-state index in [1.54, 1.807) is 67.8 Å². The number of rotatable bonds is 11. The number of hydrogen-bond donors (Lipinski definition) is 2. The molecule has 2 N–H and O–H groups in total. The highest BCUT2D eigenvalue weighted by atomic mass is 16.5. The van der Waals surface area contributed by atoms with Gasteiger partial charge in [0, 0.05) is 5.56 Å². The zero-order chi connectivity index (χ0) is 26.8. The molecule has 0 aliphatic rings. The van der Waals surface area contributed by atoms with Crippen LogP contribution in [0.2, 0.25) is 0 Å². The smallest absolute Gasteiger partial charge is 0.281 e. The molecule has 4 aromatic rings. The first-order valence-corrected chi connectivity index (χ1v) is 12.2. The van der Waals surface area contributed by atoms with Gasteiger partial charge in [0.1, 0.15) is 6.61 Å². The van der Waals surface area contributed by atoms with Gasteiger partial charge in [0.05, 0.1) is 13.3 Å². The molecular weight excluding hydrogens is 476 g/mol. The molecule has 0 atom stereocenters. The van der Waals surface area contributed by atoms with Crippen LogP contribution >= 0.6 is 0 Å². The largest absolute Gasteiger partial charge is 0.493 e. The van der Waals surface area contributed by atoms with Crippen molar-refractivity contribution in [3.63, 3.8) is 0 Å². The predicted octanol–water partition coefficient (Wildman–Crippen LogP) is 5.39. The van der Waals surface area contributed by atoms with Crippen molar-refractivity contribution in [1.82, 2.24) is 5.43 Å². The molecule has 4 aromatic carbocycles. The highest BCUT2D eigenvalue weighted by Crippen LogP contribution is 2.34. The Hall–Kier alpha value is -4.68. The van der Waals surface area contributed by atoms with E-state index in [0.29, 0.717) is 41.2 Å². The number of hydrogen-bond acceptors (Lipinski definition) is 5. The summed E-state index contributed by atoms with van der Waals surface area (Å²) in [5.41, 5.74) is 4.06. The van der Waals surface area contributed by atoms with Crippen LogP contribution in [0.4, 0.5) is 0 Å². The SMILES string of the molecule is C=CCc1cc(/C=N\NC(=O)C(O)(c2ccccc2)c2ccccc2)cc(OC)c1OCc1ccccc1. The first kappa shape index (κ1) is 26.4. The Morgan fingerprint density at radius 3 is 2.08 bits per heavy atom. The van der Waals surface area contributed by atoms with Crippen molar-refractivity contribution < 1.29 is 19.4 Å². The summed E-state index contributed by atoms with van der Waals surface area (Å²) in [5.74, 6) is 0.491. The lowest BCUT2D eigenvalue weighted by Gasteiger charge is -2.27. The first-order chi connectivity index (χ1) is 18.6. The molecule has 0 spiro atoms. The molecular formula is C32H30N2O4. The Morgan fingerprint density at radius 2 is 1.53 bits per heavy atom. The number of ether oxygens (including phenoxy) is 2. The Labute approximate surface area is 222 Å². The van der Waals surface area contributed by atoms with Gasteiger partial charge < -0.3 is 14.6 Å². The molecule has 0 aliphatic heterocycles. The summed E-state index contributed by atoms with van der Waals surface area (Å²) >= 11 is 0. The zero-order valence-corrected chi connectivity index (χ0v) is 21.2. The summed E-state index contributed by atoms with van der Waals surface area (Å²) in [4.78, 5) is 13.3. The van der Waals surface area contributed by atoms with Crippen LogP contribution in [-0.4, -0.2) is 24.3 Å². The van der Waals surface area contributed by atoms with E-state index in [1.165, 1.54) is 6.21 Å². The second-order valence-corrected chi connectivity index (χ2v) is 8.62. The van der Waals surface area contributed by atoms with Gasteiger partial charge in [0.2, 0.25) is 0 Å². The molecule has 0 unspecified atom stereocenters. The van der Waals surface area contributed by atoms with E-state index in [1.807, 2.05) is 48.5 Å². The zero-order valence-electron chi connectivity index (χ0n) is 21.2. The van der Waals surface area contributed by atoms with Gasteiger partial charge in [-0.15, -0.1) is 6.58 Å². The van der Waals surface area contributed by atoms with Crippen molar-refractivity contribution >= 4 is 12.1 Å². The maximum Gasteiger partial charge on any atom is 0.281 e. The van der Waals surface area contributed by atoms with Crippen LogP contribution in [0.1, 0.15) is 27.8 Å². The third kappa shape index (κ3) is 5.99. The third-order valence-electron chi connectivity index (χ3n) is 6.06. The molecule has 6 heteroatoms. The van der Waals surface area contributed by atoms with Crippen LogP contribution in [-0.2, 0) is 23.4 Å². The average molecular weight is 507 g/mol. The number of aliphatic hydroxyl groups is 1. The molecule has 4 rings (SSSR count). The number of amides is 1. The molecule has 0 fully saturated rings. The Morgan fingerprint density at radius 1 is 0.947 bits per heavy atom. The Bertz CT molecular complexity index is 1350. The van der Waals surface area contributed by atoms with Gasteiger partial charge in [0.25, 0.3) is 5.91 Å². The predicted molar refractivity (Wildman–Crippen MR) is 149 cm³/mol. The summed E-state index contributed by atoms with van der Waals surface area (Å²) in [7, 11) is 1.57. The number of nitrogens with zero attached hydrogens (tertiary/aromatic N) is 1. The van der Waals surface area contributed by atoms with Gasteiger partial charge in [-0.1, -0.05) is 97.1 Å². The maximum atomic E-state index is 13.3. The van der Waals surface area contributed by atoms with Gasteiger partial charge in [0.15, 0.2) is 17.1 Å². The van der Waals surface area contributed by atoms with E-state index in [4.69, 9.17) is 9.47 Å². The monoisotopic (exact) mass is 506 g/mol. The molecule has 0 aliphatic carbocycles. The third-order valence-corrected chi connectivity index (χ3v) is 6.06. The van der Waals surface area contributed by atoms with Gasteiger partial charge in [-0.05, 0) is 40.8 Å². The number of carbonyl (C=O) groups is 1.